The van der Waals surface area contributed by atoms with E-state index in [0.717, 1.165) is 0 Å². The fourth-order valence-corrected chi connectivity index (χ4v) is 6.11. The number of likely N-dealkylation sites (tertiary alicyclic amines) is 1. The fourth-order valence-electron chi connectivity index (χ4n) is 6.11. The van der Waals surface area contributed by atoms with Gasteiger partial charge in [0.25, 0.3) is 0 Å². The lowest BCUT2D eigenvalue weighted by Crippen LogP contribution is -2.61. The summed E-state index contributed by atoms with van der Waals surface area (Å²) in [6.45, 7) is 11.9. The zero-order valence-electron chi connectivity index (χ0n) is 20.4. The highest BCUT2D eigenvalue weighted by molar-refractivity contribution is 5.99. The van der Waals surface area contributed by atoms with Crippen LogP contribution < -0.4 is 0 Å². The Bertz CT molecular complexity index is 905. The average Bonchev–Trinajstić information content (AvgIpc) is 2.96. The number of ether oxygens (including phenoxy) is 2. The van der Waals surface area contributed by atoms with Crippen molar-refractivity contribution in [1.29, 1.82) is 0 Å². The zero-order valence-corrected chi connectivity index (χ0v) is 20.4. The Balaban J connectivity index is 1.91. The van der Waals surface area contributed by atoms with Gasteiger partial charge in [-0.3, -0.25) is 14.4 Å². The van der Waals surface area contributed by atoms with E-state index < -0.39 is 46.6 Å². The molecule has 0 radical (unpaired) electrons. The number of carbonyl (C=O) groups is 3. The lowest BCUT2D eigenvalue weighted by Gasteiger charge is -2.43. The van der Waals surface area contributed by atoms with Crippen LogP contribution in [0.3, 0.4) is 0 Å². The Hall–Kier alpha value is -2.19. The van der Waals surface area contributed by atoms with Crippen molar-refractivity contribution in [2.45, 2.75) is 76.8 Å². The molecule has 6 atom stereocenters. The van der Waals surface area contributed by atoms with Gasteiger partial charge in [-0.1, -0.05) is 32.1 Å². The van der Waals surface area contributed by atoms with Crippen molar-refractivity contribution in [3.8, 4) is 0 Å². The first kappa shape index (κ1) is 24.0. The molecule has 1 spiro atoms. The minimum atomic E-state index is -1.32. The van der Waals surface area contributed by atoms with E-state index in [1.54, 1.807) is 24.0 Å². The lowest BCUT2D eigenvalue weighted by molar-refractivity contribution is -0.161. The van der Waals surface area contributed by atoms with Gasteiger partial charge >= 0.3 is 5.97 Å². The summed E-state index contributed by atoms with van der Waals surface area (Å²) in [6, 6.07) is -1.54. The predicted octanol–water partition coefficient (Wildman–Crippen LogP) is 1.67. The topological polar surface area (TPSA) is 96.4 Å². The van der Waals surface area contributed by atoms with Crippen molar-refractivity contribution < 1.29 is 29.0 Å². The van der Waals surface area contributed by atoms with E-state index in [2.05, 4.69) is 0 Å². The molecule has 4 heterocycles. The molecule has 0 aromatic rings. The molecule has 4 aliphatic rings. The molecule has 0 aliphatic carbocycles. The molecule has 1 unspecified atom stereocenters. The van der Waals surface area contributed by atoms with Crippen LogP contribution in [0.25, 0.3) is 0 Å². The summed E-state index contributed by atoms with van der Waals surface area (Å²) in [7, 11) is 0. The quantitative estimate of drug-likeness (QED) is 0.507. The Morgan fingerprint density at radius 2 is 1.82 bits per heavy atom. The number of carbonyl (C=O) groups excluding carboxylic acids is 3. The standard InChI is InChI=1S/C25H36N2O6/c1-15(2)13-16(14-28)27-19-21(30)26(23(3,4)5)11-7-10-25(19)17(20(27)29)18-22(31)32-12-8-9-24(18,6)33-25/h7-10,15-19,28H,11-14H2,1-6H3/t16-,17+,18+,19?,24-,25+/m1/s1. The number of hydrogen-bond donors (Lipinski definition) is 1. The van der Waals surface area contributed by atoms with Crippen LogP contribution in [-0.4, -0.2) is 81.3 Å². The van der Waals surface area contributed by atoms with Crippen LogP contribution in [0, 0.1) is 17.8 Å². The molecule has 2 fully saturated rings. The summed E-state index contributed by atoms with van der Waals surface area (Å²) in [5.41, 5.74) is -2.89. The number of aliphatic hydroxyl groups is 1. The molecule has 2 amide bonds. The van der Waals surface area contributed by atoms with Crippen LogP contribution in [-0.2, 0) is 23.9 Å². The first-order valence-corrected chi connectivity index (χ1v) is 11.8. The number of amides is 2. The normalized spacial score (nSPS) is 37.0. The van der Waals surface area contributed by atoms with E-state index in [-0.39, 0.29) is 30.9 Å². The lowest BCUT2D eigenvalue weighted by atomic mass is 9.74. The van der Waals surface area contributed by atoms with Crippen molar-refractivity contribution >= 4 is 17.8 Å². The van der Waals surface area contributed by atoms with Crippen LogP contribution in [0.4, 0.5) is 0 Å². The molecule has 33 heavy (non-hydrogen) atoms. The van der Waals surface area contributed by atoms with E-state index in [1.807, 2.05) is 46.8 Å². The number of cyclic esters (lactones) is 1. The number of hydrogen-bond acceptors (Lipinski definition) is 6. The number of nitrogens with zero attached hydrogens (tertiary/aromatic N) is 2. The van der Waals surface area contributed by atoms with Crippen LogP contribution >= 0.6 is 0 Å². The molecule has 0 bridgehead atoms. The first-order valence-electron chi connectivity index (χ1n) is 11.8. The first-order chi connectivity index (χ1) is 15.4. The van der Waals surface area contributed by atoms with Crippen molar-refractivity contribution in [1.82, 2.24) is 9.80 Å². The number of fused-ring (bicyclic) bond motifs is 2. The maximum atomic E-state index is 14.1. The molecule has 1 N–H and O–H groups in total. The third-order valence-electron chi connectivity index (χ3n) is 7.41. The summed E-state index contributed by atoms with van der Waals surface area (Å²) < 4.78 is 12.1. The zero-order chi connectivity index (χ0) is 24.3. The molecule has 182 valence electrons. The number of rotatable bonds is 4. The van der Waals surface area contributed by atoms with Gasteiger partial charge in [0.15, 0.2) is 0 Å². The van der Waals surface area contributed by atoms with Gasteiger partial charge < -0.3 is 24.4 Å². The van der Waals surface area contributed by atoms with Gasteiger partial charge in [0, 0.05) is 12.1 Å². The third-order valence-corrected chi connectivity index (χ3v) is 7.41. The largest absolute Gasteiger partial charge is 0.461 e. The number of aliphatic hydroxyl groups excluding tert-OH is 1. The second-order valence-corrected chi connectivity index (χ2v) is 11.3. The average molecular weight is 461 g/mol. The van der Waals surface area contributed by atoms with Crippen molar-refractivity contribution in [2.75, 3.05) is 19.8 Å². The van der Waals surface area contributed by atoms with E-state index >= 15 is 0 Å². The minimum Gasteiger partial charge on any atom is -0.461 e. The SMILES string of the molecule is CC(C)C[C@H](CO)N1C(=O)[C@@H]2[C@H]3C(=O)OCC=C[C@@]3(C)O[C@@]23C=CCN(C(C)(C)C)C(=O)C13. The van der Waals surface area contributed by atoms with Gasteiger partial charge in [-0.25, -0.2) is 0 Å². The van der Waals surface area contributed by atoms with Gasteiger partial charge in [-0.2, -0.15) is 0 Å². The van der Waals surface area contributed by atoms with Crippen LogP contribution in [0.2, 0.25) is 0 Å². The molecular weight excluding hydrogens is 424 g/mol. The van der Waals surface area contributed by atoms with E-state index in [4.69, 9.17) is 9.47 Å². The number of esters is 1. The van der Waals surface area contributed by atoms with Crippen molar-refractivity contribution in [2.24, 2.45) is 17.8 Å². The molecule has 2 saturated heterocycles. The Labute approximate surface area is 195 Å². The fraction of sp³-hybridized carbons (Fsp3) is 0.720. The van der Waals surface area contributed by atoms with E-state index in [1.165, 1.54) is 4.90 Å². The highest BCUT2D eigenvalue weighted by Crippen LogP contribution is 2.58. The molecule has 4 rings (SSSR count). The van der Waals surface area contributed by atoms with Crippen molar-refractivity contribution in [3.05, 3.63) is 24.3 Å². The van der Waals surface area contributed by atoms with Gasteiger partial charge in [0.2, 0.25) is 11.8 Å². The molecule has 8 nitrogen and oxygen atoms in total. The maximum Gasteiger partial charge on any atom is 0.313 e. The summed E-state index contributed by atoms with van der Waals surface area (Å²) in [5.74, 6) is -2.67. The van der Waals surface area contributed by atoms with E-state index in [9.17, 15) is 19.5 Å². The molecular formula is C25H36N2O6. The smallest absolute Gasteiger partial charge is 0.313 e. The predicted molar refractivity (Wildman–Crippen MR) is 121 cm³/mol. The summed E-state index contributed by atoms with van der Waals surface area (Å²) in [4.78, 5) is 44.6. The molecule has 0 saturated carbocycles. The Morgan fingerprint density at radius 3 is 2.42 bits per heavy atom. The summed E-state index contributed by atoms with van der Waals surface area (Å²) in [6.07, 6.45) is 7.72. The van der Waals surface area contributed by atoms with Gasteiger partial charge in [-0.05, 0) is 46.1 Å². The highest BCUT2D eigenvalue weighted by atomic mass is 16.6. The van der Waals surface area contributed by atoms with Crippen molar-refractivity contribution in [3.63, 3.8) is 0 Å². The molecule has 0 aromatic carbocycles. The molecule has 8 heteroatoms. The van der Waals surface area contributed by atoms with E-state index in [0.29, 0.717) is 13.0 Å². The van der Waals surface area contributed by atoms with Gasteiger partial charge in [0.05, 0.1) is 24.2 Å². The van der Waals surface area contributed by atoms with Crippen LogP contribution in [0.1, 0.15) is 48.0 Å². The summed E-state index contributed by atoms with van der Waals surface area (Å²) >= 11 is 0. The molecule has 4 aliphatic heterocycles. The van der Waals surface area contributed by atoms with Crippen LogP contribution in [0.5, 0.6) is 0 Å². The minimum absolute atomic E-state index is 0.120. The second kappa shape index (κ2) is 7.94. The highest BCUT2D eigenvalue weighted by Gasteiger charge is 2.75. The van der Waals surface area contributed by atoms with Gasteiger partial charge in [-0.15, -0.1) is 0 Å². The third kappa shape index (κ3) is 3.53. The Kier molecular flexibility index (Phi) is 5.77. The molecule has 0 aromatic heterocycles. The Morgan fingerprint density at radius 1 is 1.12 bits per heavy atom. The summed E-state index contributed by atoms with van der Waals surface area (Å²) in [5, 5.41) is 10.3. The van der Waals surface area contributed by atoms with Gasteiger partial charge in [0.1, 0.15) is 24.2 Å². The second-order valence-electron chi connectivity index (χ2n) is 11.3. The maximum absolute atomic E-state index is 14.1. The monoisotopic (exact) mass is 460 g/mol. The van der Waals surface area contributed by atoms with Crippen LogP contribution in [0.15, 0.2) is 24.3 Å².